The molecule has 6 nitrogen and oxygen atoms in total. The summed E-state index contributed by atoms with van der Waals surface area (Å²) in [5.74, 6) is -0.546. The van der Waals surface area contributed by atoms with E-state index in [0.29, 0.717) is 19.0 Å². The van der Waals surface area contributed by atoms with Gasteiger partial charge in [0.1, 0.15) is 6.54 Å². The third-order valence-corrected chi connectivity index (χ3v) is 2.91. The van der Waals surface area contributed by atoms with Gasteiger partial charge in [-0.2, -0.15) is 0 Å². The third kappa shape index (κ3) is 4.91. The smallest absolute Gasteiger partial charge is 0.323 e. The summed E-state index contributed by atoms with van der Waals surface area (Å²) in [4.78, 5) is 25.9. The molecule has 0 radical (unpaired) electrons. The Morgan fingerprint density at radius 2 is 1.89 bits per heavy atom. The number of carbonyl (C=O) groups is 2. The fourth-order valence-corrected chi connectivity index (χ4v) is 1.88. The summed E-state index contributed by atoms with van der Waals surface area (Å²) in [5.41, 5.74) is 0. The highest BCUT2D eigenvalue weighted by Gasteiger charge is 2.29. The number of urea groups is 1. The predicted octanol–water partition coefficient (Wildman–Crippen LogP) is 0.607. The van der Waals surface area contributed by atoms with Crippen molar-refractivity contribution in [2.24, 2.45) is 5.92 Å². The Bertz CT molecular complexity index is 286. The molecule has 1 fully saturated rings. The number of carboxylic acid groups (broad SMARTS) is 1. The molecule has 1 saturated carbocycles. The second kappa shape index (κ2) is 7.20. The molecule has 104 valence electrons. The highest BCUT2D eigenvalue weighted by atomic mass is 16.4. The molecule has 0 unspecified atom stereocenters. The number of aliphatic carboxylic acids is 1. The SMILES string of the molecule is CCCN(CCO)C(=O)N(CC(=O)O)CC1CC1. The molecule has 1 rings (SSSR count). The van der Waals surface area contributed by atoms with Crippen molar-refractivity contribution < 1.29 is 19.8 Å². The van der Waals surface area contributed by atoms with Crippen molar-refractivity contribution in [3.8, 4) is 0 Å². The Hall–Kier alpha value is -1.30. The van der Waals surface area contributed by atoms with Crippen LogP contribution in [0.25, 0.3) is 0 Å². The topological polar surface area (TPSA) is 81.1 Å². The van der Waals surface area contributed by atoms with E-state index in [9.17, 15) is 9.59 Å². The van der Waals surface area contributed by atoms with Crippen molar-refractivity contribution in [2.75, 3.05) is 32.8 Å². The van der Waals surface area contributed by atoms with Gasteiger partial charge in [-0.05, 0) is 25.2 Å². The maximum absolute atomic E-state index is 12.2. The van der Waals surface area contributed by atoms with Crippen LogP contribution in [0.4, 0.5) is 4.79 Å². The molecule has 6 heteroatoms. The first kappa shape index (κ1) is 14.8. The molecule has 0 aliphatic heterocycles. The first-order chi connectivity index (χ1) is 8.58. The molecular weight excluding hydrogens is 236 g/mol. The standard InChI is InChI=1S/C12H22N2O4/c1-2-5-13(6-7-15)12(18)14(9-11(16)17)8-10-3-4-10/h10,15H,2-9H2,1H3,(H,16,17). The van der Waals surface area contributed by atoms with E-state index in [1.165, 1.54) is 9.80 Å². The minimum atomic E-state index is -0.996. The van der Waals surface area contributed by atoms with Crippen molar-refractivity contribution in [3.05, 3.63) is 0 Å². The largest absolute Gasteiger partial charge is 0.480 e. The minimum Gasteiger partial charge on any atom is -0.480 e. The lowest BCUT2D eigenvalue weighted by Crippen LogP contribution is -2.47. The highest BCUT2D eigenvalue weighted by molar-refractivity contribution is 5.80. The fourth-order valence-electron chi connectivity index (χ4n) is 1.88. The monoisotopic (exact) mass is 258 g/mol. The van der Waals surface area contributed by atoms with Crippen molar-refractivity contribution >= 4 is 12.0 Å². The van der Waals surface area contributed by atoms with Crippen LogP contribution in [-0.4, -0.2) is 64.8 Å². The summed E-state index contributed by atoms with van der Waals surface area (Å²) in [6.45, 7) is 2.89. The molecule has 0 aromatic carbocycles. The number of aliphatic hydroxyl groups excluding tert-OH is 1. The van der Waals surface area contributed by atoms with Gasteiger partial charge in [0.25, 0.3) is 0 Å². The maximum atomic E-state index is 12.2. The fraction of sp³-hybridized carbons (Fsp3) is 0.833. The molecule has 18 heavy (non-hydrogen) atoms. The van der Waals surface area contributed by atoms with Crippen LogP contribution in [0.2, 0.25) is 0 Å². The Labute approximate surface area is 107 Å². The number of amides is 2. The molecule has 0 aromatic rings. The average Bonchev–Trinajstić information content (AvgIpc) is 3.10. The van der Waals surface area contributed by atoms with Crippen molar-refractivity contribution in [1.29, 1.82) is 0 Å². The van der Waals surface area contributed by atoms with Gasteiger partial charge in [-0.1, -0.05) is 6.92 Å². The van der Waals surface area contributed by atoms with E-state index in [2.05, 4.69) is 0 Å². The number of hydrogen-bond donors (Lipinski definition) is 2. The molecule has 1 aliphatic carbocycles. The third-order valence-electron chi connectivity index (χ3n) is 2.91. The van der Waals surface area contributed by atoms with E-state index in [1.807, 2.05) is 6.92 Å². The van der Waals surface area contributed by atoms with Gasteiger partial charge in [-0.25, -0.2) is 4.79 Å². The van der Waals surface area contributed by atoms with Crippen LogP contribution >= 0.6 is 0 Å². The summed E-state index contributed by atoms with van der Waals surface area (Å²) >= 11 is 0. The lowest BCUT2D eigenvalue weighted by molar-refractivity contribution is -0.137. The number of carbonyl (C=O) groups excluding carboxylic acids is 1. The lowest BCUT2D eigenvalue weighted by Gasteiger charge is -2.29. The Balaban J connectivity index is 2.60. The summed E-state index contributed by atoms with van der Waals surface area (Å²) in [6, 6.07) is -0.278. The Morgan fingerprint density at radius 1 is 1.22 bits per heavy atom. The summed E-state index contributed by atoms with van der Waals surface area (Å²) < 4.78 is 0. The Kier molecular flexibility index (Phi) is 5.91. The zero-order valence-electron chi connectivity index (χ0n) is 10.8. The van der Waals surface area contributed by atoms with Crippen molar-refractivity contribution in [2.45, 2.75) is 26.2 Å². The van der Waals surface area contributed by atoms with E-state index < -0.39 is 5.97 Å². The van der Waals surface area contributed by atoms with Gasteiger partial charge in [0, 0.05) is 19.6 Å². The first-order valence-corrected chi connectivity index (χ1v) is 6.45. The molecule has 2 N–H and O–H groups in total. The molecular formula is C12H22N2O4. The van der Waals surface area contributed by atoms with Gasteiger partial charge >= 0.3 is 12.0 Å². The number of aliphatic hydroxyl groups is 1. The summed E-state index contributed by atoms with van der Waals surface area (Å²) in [7, 11) is 0. The van der Waals surface area contributed by atoms with Gasteiger partial charge in [-0.3, -0.25) is 4.79 Å². The highest BCUT2D eigenvalue weighted by Crippen LogP contribution is 2.29. The van der Waals surface area contributed by atoms with Crippen LogP contribution in [0.3, 0.4) is 0 Å². The zero-order chi connectivity index (χ0) is 13.5. The minimum absolute atomic E-state index is 0.101. The van der Waals surface area contributed by atoms with Gasteiger partial charge in [0.2, 0.25) is 0 Å². The summed E-state index contributed by atoms with van der Waals surface area (Å²) in [6.07, 6.45) is 2.92. The second-order valence-electron chi connectivity index (χ2n) is 4.71. The van der Waals surface area contributed by atoms with Gasteiger partial charge in [-0.15, -0.1) is 0 Å². The molecule has 0 bridgehead atoms. The first-order valence-electron chi connectivity index (χ1n) is 6.45. The number of hydrogen-bond acceptors (Lipinski definition) is 3. The van der Waals surface area contributed by atoms with Crippen LogP contribution in [0.1, 0.15) is 26.2 Å². The number of carboxylic acids is 1. The summed E-state index contributed by atoms with van der Waals surface area (Å²) in [5, 5.41) is 17.8. The second-order valence-corrected chi connectivity index (χ2v) is 4.71. The molecule has 0 aromatic heterocycles. The van der Waals surface area contributed by atoms with Crippen LogP contribution in [-0.2, 0) is 4.79 Å². The van der Waals surface area contributed by atoms with Crippen LogP contribution in [0.15, 0.2) is 0 Å². The van der Waals surface area contributed by atoms with Crippen LogP contribution in [0.5, 0.6) is 0 Å². The van der Waals surface area contributed by atoms with Gasteiger partial charge in [0.05, 0.1) is 6.61 Å². The van der Waals surface area contributed by atoms with E-state index in [-0.39, 0.29) is 25.7 Å². The zero-order valence-corrected chi connectivity index (χ0v) is 10.8. The molecule has 0 heterocycles. The molecule has 2 amide bonds. The predicted molar refractivity (Wildman–Crippen MR) is 66.3 cm³/mol. The maximum Gasteiger partial charge on any atom is 0.323 e. The van der Waals surface area contributed by atoms with Gasteiger partial charge in [0.15, 0.2) is 0 Å². The van der Waals surface area contributed by atoms with Crippen LogP contribution < -0.4 is 0 Å². The van der Waals surface area contributed by atoms with Crippen molar-refractivity contribution in [1.82, 2.24) is 9.80 Å². The average molecular weight is 258 g/mol. The van der Waals surface area contributed by atoms with Crippen LogP contribution in [0, 0.1) is 5.92 Å². The van der Waals surface area contributed by atoms with E-state index in [1.54, 1.807) is 0 Å². The van der Waals surface area contributed by atoms with Crippen molar-refractivity contribution in [3.63, 3.8) is 0 Å². The molecule has 0 saturated heterocycles. The van der Waals surface area contributed by atoms with Gasteiger partial charge < -0.3 is 20.0 Å². The Morgan fingerprint density at radius 3 is 2.33 bits per heavy atom. The lowest BCUT2D eigenvalue weighted by atomic mass is 10.3. The molecule has 1 aliphatic rings. The molecule has 0 atom stereocenters. The quantitative estimate of drug-likeness (QED) is 0.668. The van der Waals surface area contributed by atoms with E-state index in [4.69, 9.17) is 10.2 Å². The molecule has 0 spiro atoms. The van der Waals surface area contributed by atoms with E-state index >= 15 is 0 Å². The normalized spacial score (nSPS) is 14.3. The number of rotatable bonds is 8. The van der Waals surface area contributed by atoms with E-state index in [0.717, 1.165) is 19.3 Å². The number of nitrogens with zero attached hydrogens (tertiary/aromatic N) is 2.